The molecule has 0 spiro atoms. The van der Waals surface area contributed by atoms with Crippen LogP contribution in [0.5, 0.6) is 0 Å². The van der Waals surface area contributed by atoms with Crippen LogP contribution < -0.4 is 44.6 Å². The standard InChI is InChI=1S/C20H36N8O8/c21-8-2-1-3-10(22)17(32)26-11(4-6-14(23)29)18(33)27-12(5-7-15(24)30)19(34)28-13(20(35)36)9-16(25)31/h10-13H,1-9,21-22H2,(H2,23,29)(H2,24,30)(H2,25,31)(H,26,32)(H,27,33)(H,28,34)(H,35,36). The number of aliphatic carboxylic acids is 1. The maximum absolute atomic E-state index is 12.9. The number of unbranched alkanes of at least 4 members (excludes halogenated alkanes) is 1. The van der Waals surface area contributed by atoms with Crippen molar-refractivity contribution in [3.63, 3.8) is 0 Å². The lowest BCUT2D eigenvalue weighted by molar-refractivity contribution is -0.144. The Morgan fingerprint density at radius 1 is 0.639 bits per heavy atom. The molecule has 0 radical (unpaired) electrons. The normalized spacial score (nSPS) is 13.9. The smallest absolute Gasteiger partial charge is 0.326 e. The van der Waals surface area contributed by atoms with Gasteiger partial charge in [0, 0.05) is 12.8 Å². The molecule has 0 heterocycles. The minimum atomic E-state index is -1.69. The van der Waals surface area contributed by atoms with Gasteiger partial charge in [0.05, 0.1) is 12.5 Å². The second-order valence-electron chi connectivity index (χ2n) is 8.09. The molecule has 0 saturated heterocycles. The summed E-state index contributed by atoms with van der Waals surface area (Å²) in [6.07, 6.45) is -0.457. The Kier molecular flexibility index (Phi) is 15.0. The number of amides is 6. The predicted molar refractivity (Wildman–Crippen MR) is 125 cm³/mol. The van der Waals surface area contributed by atoms with Crippen molar-refractivity contribution in [3.8, 4) is 0 Å². The van der Waals surface area contributed by atoms with Crippen molar-refractivity contribution in [2.45, 2.75) is 75.5 Å². The molecule has 4 atom stereocenters. The van der Waals surface area contributed by atoms with E-state index < -0.39 is 72.0 Å². The lowest BCUT2D eigenvalue weighted by Crippen LogP contribution is -2.57. The van der Waals surface area contributed by atoms with Gasteiger partial charge in [-0.25, -0.2) is 4.79 Å². The molecular weight excluding hydrogens is 480 g/mol. The first kappa shape index (κ1) is 32.2. The molecule has 0 bridgehead atoms. The van der Waals surface area contributed by atoms with Crippen LogP contribution in [0.15, 0.2) is 0 Å². The Labute approximate surface area is 207 Å². The number of carbonyl (C=O) groups is 7. The minimum Gasteiger partial charge on any atom is -0.480 e. The van der Waals surface area contributed by atoms with Gasteiger partial charge in [-0.05, 0) is 32.2 Å². The molecule has 6 amide bonds. The molecule has 0 aromatic heterocycles. The average molecular weight is 517 g/mol. The van der Waals surface area contributed by atoms with E-state index in [0.717, 1.165) is 0 Å². The summed E-state index contributed by atoms with van der Waals surface area (Å²) in [6, 6.07) is -5.49. The van der Waals surface area contributed by atoms with E-state index in [1.165, 1.54) is 0 Å². The number of nitrogens with one attached hydrogen (secondary N) is 3. The van der Waals surface area contributed by atoms with E-state index in [2.05, 4.69) is 16.0 Å². The first-order valence-electron chi connectivity index (χ1n) is 11.2. The van der Waals surface area contributed by atoms with Crippen molar-refractivity contribution in [1.82, 2.24) is 16.0 Å². The zero-order valence-electron chi connectivity index (χ0n) is 19.9. The molecule has 0 aliphatic rings. The number of nitrogens with two attached hydrogens (primary N) is 5. The summed E-state index contributed by atoms with van der Waals surface area (Å²) in [5.74, 6) is -6.79. The van der Waals surface area contributed by atoms with Gasteiger partial charge in [0.15, 0.2) is 0 Å². The zero-order chi connectivity index (χ0) is 27.8. The van der Waals surface area contributed by atoms with Crippen LogP contribution in [-0.2, 0) is 33.6 Å². The summed E-state index contributed by atoms with van der Waals surface area (Å²) in [4.78, 5) is 82.9. The predicted octanol–water partition coefficient (Wildman–Crippen LogP) is -4.61. The van der Waals surface area contributed by atoms with Gasteiger partial charge < -0.3 is 49.7 Å². The van der Waals surface area contributed by atoms with Gasteiger partial charge in [-0.15, -0.1) is 0 Å². The molecule has 4 unspecified atom stereocenters. The van der Waals surface area contributed by atoms with Crippen molar-refractivity contribution in [2.75, 3.05) is 6.54 Å². The second-order valence-corrected chi connectivity index (χ2v) is 8.09. The van der Waals surface area contributed by atoms with Crippen molar-refractivity contribution in [2.24, 2.45) is 28.7 Å². The van der Waals surface area contributed by atoms with E-state index >= 15 is 0 Å². The number of hydrogen-bond donors (Lipinski definition) is 9. The molecule has 0 aliphatic heterocycles. The molecule has 0 aromatic carbocycles. The van der Waals surface area contributed by atoms with E-state index in [1.807, 2.05) is 0 Å². The molecular formula is C20H36N8O8. The van der Waals surface area contributed by atoms with Gasteiger partial charge in [-0.3, -0.25) is 28.8 Å². The quantitative estimate of drug-likeness (QED) is 0.0739. The number of hydrogen-bond acceptors (Lipinski definition) is 9. The molecule has 14 N–H and O–H groups in total. The highest BCUT2D eigenvalue weighted by molar-refractivity contribution is 5.95. The molecule has 0 aliphatic carbocycles. The van der Waals surface area contributed by atoms with Crippen LogP contribution in [-0.4, -0.2) is 77.2 Å². The van der Waals surface area contributed by atoms with E-state index in [-0.39, 0.29) is 32.1 Å². The third-order valence-electron chi connectivity index (χ3n) is 4.95. The van der Waals surface area contributed by atoms with Crippen molar-refractivity contribution in [1.29, 1.82) is 0 Å². The van der Waals surface area contributed by atoms with E-state index in [0.29, 0.717) is 19.4 Å². The Bertz CT molecular complexity index is 822. The molecule has 16 heteroatoms. The van der Waals surface area contributed by atoms with E-state index in [4.69, 9.17) is 28.7 Å². The van der Waals surface area contributed by atoms with Crippen LogP contribution in [0.3, 0.4) is 0 Å². The molecule has 0 fully saturated rings. The van der Waals surface area contributed by atoms with Crippen LogP contribution in [0.4, 0.5) is 0 Å². The summed E-state index contributed by atoms with van der Waals surface area (Å²) in [6.45, 7) is 0.412. The number of carboxylic acid groups (broad SMARTS) is 1. The maximum atomic E-state index is 12.9. The Morgan fingerprint density at radius 2 is 1.08 bits per heavy atom. The first-order chi connectivity index (χ1) is 16.8. The first-order valence-corrected chi connectivity index (χ1v) is 11.2. The minimum absolute atomic E-state index is 0.230. The topological polar surface area (TPSA) is 306 Å². The molecule has 0 saturated carbocycles. The zero-order valence-corrected chi connectivity index (χ0v) is 19.9. The van der Waals surface area contributed by atoms with Gasteiger partial charge in [0.1, 0.15) is 18.1 Å². The Hall–Kier alpha value is -3.79. The van der Waals surface area contributed by atoms with Gasteiger partial charge in [0.2, 0.25) is 35.4 Å². The lowest BCUT2D eigenvalue weighted by atomic mass is 10.0. The van der Waals surface area contributed by atoms with Gasteiger partial charge in [-0.1, -0.05) is 6.42 Å². The van der Waals surface area contributed by atoms with Crippen molar-refractivity contribution >= 4 is 41.4 Å². The number of rotatable bonds is 19. The van der Waals surface area contributed by atoms with E-state index in [9.17, 15) is 38.7 Å². The second kappa shape index (κ2) is 16.8. The fourth-order valence-corrected chi connectivity index (χ4v) is 2.98. The Morgan fingerprint density at radius 3 is 1.47 bits per heavy atom. The SMILES string of the molecule is NCCCCC(N)C(=O)NC(CCC(N)=O)C(=O)NC(CCC(N)=O)C(=O)NC(CC(N)=O)C(=O)O. The average Bonchev–Trinajstić information content (AvgIpc) is 2.77. The van der Waals surface area contributed by atoms with E-state index in [1.54, 1.807) is 0 Å². The molecule has 204 valence electrons. The monoisotopic (exact) mass is 516 g/mol. The van der Waals surface area contributed by atoms with Crippen LogP contribution in [0.25, 0.3) is 0 Å². The summed E-state index contributed by atoms with van der Waals surface area (Å²) >= 11 is 0. The van der Waals surface area contributed by atoms with Gasteiger partial charge in [0.25, 0.3) is 0 Å². The van der Waals surface area contributed by atoms with Crippen LogP contribution >= 0.6 is 0 Å². The van der Waals surface area contributed by atoms with Crippen LogP contribution in [0, 0.1) is 0 Å². The fourth-order valence-electron chi connectivity index (χ4n) is 2.98. The summed E-state index contributed by atoms with van der Waals surface area (Å²) in [7, 11) is 0. The van der Waals surface area contributed by atoms with Crippen molar-refractivity contribution in [3.05, 3.63) is 0 Å². The third-order valence-corrected chi connectivity index (χ3v) is 4.95. The molecule has 36 heavy (non-hydrogen) atoms. The maximum Gasteiger partial charge on any atom is 0.326 e. The highest BCUT2D eigenvalue weighted by atomic mass is 16.4. The van der Waals surface area contributed by atoms with Gasteiger partial charge in [-0.2, -0.15) is 0 Å². The van der Waals surface area contributed by atoms with Crippen LogP contribution in [0.2, 0.25) is 0 Å². The third kappa shape index (κ3) is 13.8. The molecule has 16 nitrogen and oxygen atoms in total. The highest BCUT2D eigenvalue weighted by Gasteiger charge is 2.31. The van der Waals surface area contributed by atoms with Gasteiger partial charge >= 0.3 is 5.97 Å². The summed E-state index contributed by atoms with van der Waals surface area (Å²) in [5, 5.41) is 16.0. The largest absolute Gasteiger partial charge is 0.480 e. The fraction of sp³-hybridized carbons (Fsp3) is 0.650. The number of primary amides is 3. The summed E-state index contributed by atoms with van der Waals surface area (Å²) < 4.78 is 0. The van der Waals surface area contributed by atoms with Crippen LogP contribution in [0.1, 0.15) is 51.4 Å². The number of carboxylic acids is 1. The molecule has 0 aromatic rings. The highest BCUT2D eigenvalue weighted by Crippen LogP contribution is 2.05. The lowest BCUT2D eigenvalue weighted by Gasteiger charge is -2.25. The number of carbonyl (C=O) groups excluding carboxylic acids is 6. The summed E-state index contributed by atoms with van der Waals surface area (Å²) in [5.41, 5.74) is 26.5. The molecule has 0 rings (SSSR count). The van der Waals surface area contributed by atoms with Crippen molar-refractivity contribution < 1.29 is 38.7 Å². The Balaban J connectivity index is 5.59.